The van der Waals surface area contributed by atoms with E-state index in [4.69, 9.17) is 37.3 Å². The lowest BCUT2D eigenvalue weighted by atomic mass is 9.88. The first kappa shape index (κ1) is 50.2. The zero-order chi connectivity index (χ0) is 49.2. The van der Waals surface area contributed by atoms with Gasteiger partial charge in [0, 0.05) is 0 Å². The maximum absolute atomic E-state index is 8.49. The van der Waals surface area contributed by atoms with E-state index in [1.54, 1.807) is 0 Å². The van der Waals surface area contributed by atoms with E-state index >= 15 is 0 Å². The van der Waals surface area contributed by atoms with Crippen LogP contribution in [-0.4, -0.2) is 0 Å². The number of hydrogen-bond acceptors (Lipinski definition) is 8. The molecule has 0 saturated carbocycles. The summed E-state index contributed by atoms with van der Waals surface area (Å²) in [5.74, 6) is 0. The zero-order valence-corrected chi connectivity index (χ0v) is 40.9. The molecule has 0 bridgehead atoms. The number of benzene rings is 10. The fraction of sp³-hybridized carbons (Fsp3) is 0.0345. The Bertz CT molecular complexity index is 2830. The Morgan fingerprint density at radius 2 is 0.443 bits per heavy atom. The average molecular weight is 1000 g/mol. The van der Waals surface area contributed by atoms with Crippen molar-refractivity contribution in [1.29, 1.82) is 0 Å². The smallest absolute Gasteiger partial charge is 0.116 e. The SMILES string of the molecule is [O-][Cl+3]([O-])([O-])[O-].[O-][Cl+3]([O-])([O-])[O-].c1ccc([P+](Cc2ccc3ccccc3c2-c2c(C[P+](c3ccccc3)(c3ccccc3)c3ccccc3)ccc3ccccc23)(c2ccccc2)c2ccccc2)cc1. The second-order valence-corrected chi connectivity index (χ2v) is 24.8. The van der Waals surface area contributed by atoms with Crippen LogP contribution < -0.4 is 69.1 Å². The molecule has 10 aromatic carbocycles. The molecule has 0 N–H and O–H groups in total. The number of halogens is 2. The van der Waals surface area contributed by atoms with Gasteiger partial charge in [0.25, 0.3) is 0 Å². The van der Waals surface area contributed by atoms with Gasteiger partial charge in [-0.3, -0.25) is 0 Å². The van der Waals surface area contributed by atoms with E-state index in [0.29, 0.717) is 0 Å². The molecule has 0 spiro atoms. The van der Waals surface area contributed by atoms with E-state index < -0.39 is 35.0 Å². The second kappa shape index (κ2) is 22.3. The fourth-order valence-electron chi connectivity index (χ4n) is 9.54. The van der Waals surface area contributed by atoms with Crippen LogP contribution in [0.4, 0.5) is 0 Å². The monoisotopic (exact) mass is 1000 g/mol. The summed E-state index contributed by atoms with van der Waals surface area (Å²) in [5, 5.41) is 13.4. The summed E-state index contributed by atoms with van der Waals surface area (Å²) in [4.78, 5) is 0. The molecule has 0 aliphatic rings. The predicted octanol–water partition coefficient (Wildman–Crippen LogP) is 3.14. The van der Waals surface area contributed by atoms with E-state index in [-0.39, 0.29) is 0 Å². The van der Waals surface area contributed by atoms with Crippen LogP contribution in [0.25, 0.3) is 32.7 Å². The van der Waals surface area contributed by atoms with Crippen molar-refractivity contribution in [3.05, 3.63) is 266 Å². The predicted molar refractivity (Wildman–Crippen MR) is 265 cm³/mol. The first-order valence-corrected chi connectivity index (χ1v) is 28.5. The summed E-state index contributed by atoms with van der Waals surface area (Å²) in [6.45, 7) is 0. The van der Waals surface area contributed by atoms with Crippen LogP contribution in [-0.2, 0) is 12.3 Å². The average Bonchev–Trinajstić information content (AvgIpc) is 3.38. The van der Waals surface area contributed by atoms with Crippen molar-refractivity contribution in [3.8, 4) is 11.1 Å². The molecule has 0 radical (unpaired) electrons. The Hall–Kier alpha value is -6.16. The summed E-state index contributed by atoms with van der Waals surface area (Å²) in [7, 11) is -14.4. The van der Waals surface area contributed by atoms with Gasteiger partial charge in [0.05, 0.1) is 12.3 Å². The van der Waals surface area contributed by atoms with Gasteiger partial charge in [-0.15, -0.1) is 20.5 Å². The topological polar surface area (TPSA) is 184 Å². The van der Waals surface area contributed by atoms with Crippen LogP contribution in [0, 0.1) is 20.5 Å². The molecule has 0 amide bonds. The summed E-state index contributed by atoms with van der Waals surface area (Å²) in [6, 6.07) is 95.8. The summed E-state index contributed by atoms with van der Waals surface area (Å²) >= 11 is 0. The van der Waals surface area contributed by atoms with Crippen LogP contribution in [0.2, 0.25) is 0 Å². The summed E-state index contributed by atoms with van der Waals surface area (Å²) < 4.78 is 67.9. The Balaban J connectivity index is 0.000000601. The first-order chi connectivity index (χ1) is 33.8. The standard InChI is InChI=1S/C58H46P2.2ClHO4/c1-7-25-49(26-8-1)59(50-27-9-2-10-28-50,51-29-11-3-12-30-51)43-47-41-39-45-23-19-21-37-55(45)57(47)58-48(42-40-46-24-20-22-38-56(46)58)44-60(52-31-13-4-14-32-52,53-33-15-5-16-34-53)54-35-17-6-18-36-54;2*2-1(3,4)5/h1-42H,43-44H2;2*(H,2,3,4,5)/q+2;;/p-2. The van der Waals surface area contributed by atoms with Crippen molar-refractivity contribution in [2.45, 2.75) is 12.3 Å². The van der Waals surface area contributed by atoms with Crippen molar-refractivity contribution in [1.82, 2.24) is 0 Å². The minimum absolute atomic E-state index is 0.879. The largest absolute Gasteiger partial charge is 0.222 e. The maximum atomic E-state index is 8.49. The highest BCUT2D eigenvalue weighted by molar-refractivity contribution is 7.95. The van der Waals surface area contributed by atoms with Crippen LogP contribution in [0.1, 0.15) is 11.1 Å². The maximum Gasteiger partial charge on any atom is 0.116 e. The molecule has 10 aromatic rings. The van der Waals surface area contributed by atoms with E-state index in [2.05, 4.69) is 255 Å². The van der Waals surface area contributed by atoms with Gasteiger partial charge in [-0.25, -0.2) is 37.3 Å². The highest BCUT2D eigenvalue weighted by Crippen LogP contribution is 2.62. The number of rotatable bonds is 11. The summed E-state index contributed by atoms with van der Waals surface area (Å²) in [6.07, 6.45) is 1.76. The van der Waals surface area contributed by atoms with Crippen LogP contribution in [0.15, 0.2) is 255 Å². The van der Waals surface area contributed by atoms with E-state index in [9.17, 15) is 0 Å². The molecule has 0 fully saturated rings. The zero-order valence-electron chi connectivity index (χ0n) is 37.6. The number of hydrogen-bond donors (Lipinski definition) is 0. The van der Waals surface area contributed by atoms with Crippen molar-refractivity contribution in [3.63, 3.8) is 0 Å². The van der Waals surface area contributed by atoms with E-state index in [1.807, 2.05) is 0 Å². The molecule has 10 rings (SSSR count). The lowest BCUT2D eigenvalue weighted by Crippen LogP contribution is -2.68. The number of fused-ring (bicyclic) bond motifs is 2. The lowest BCUT2D eigenvalue weighted by Gasteiger charge is -2.31. The highest BCUT2D eigenvalue weighted by atomic mass is 35.7. The van der Waals surface area contributed by atoms with Crippen molar-refractivity contribution in [2.75, 3.05) is 0 Å². The molecule has 12 heteroatoms. The van der Waals surface area contributed by atoms with Crippen molar-refractivity contribution >= 4 is 67.9 Å². The van der Waals surface area contributed by atoms with Gasteiger partial charge < -0.3 is 0 Å². The van der Waals surface area contributed by atoms with Crippen molar-refractivity contribution < 1.29 is 57.8 Å². The third-order valence-electron chi connectivity index (χ3n) is 12.3. The third kappa shape index (κ3) is 11.7. The summed E-state index contributed by atoms with van der Waals surface area (Å²) in [5.41, 5.74) is 5.44. The quantitative estimate of drug-likeness (QED) is 0.177. The lowest BCUT2D eigenvalue weighted by molar-refractivity contribution is -2.00. The van der Waals surface area contributed by atoms with Crippen LogP contribution in [0.5, 0.6) is 0 Å². The molecule has 0 atom stereocenters. The van der Waals surface area contributed by atoms with Gasteiger partial charge in [0.1, 0.15) is 46.4 Å². The molecule has 350 valence electrons. The molecule has 70 heavy (non-hydrogen) atoms. The van der Waals surface area contributed by atoms with Crippen LogP contribution in [0.3, 0.4) is 0 Å². The van der Waals surface area contributed by atoms with Gasteiger partial charge in [0.15, 0.2) is 0 Å². The Morgan fingerprint density at radius 1 is 0.243 bits per heavy atom. The molecule has 0 heterocycles. The molecule has 0 unspecified atom stereocenters. The molecular weight excluding hydrogens is 957 g/mol. The van der Waals surface area contributed by atoms with Crippen LogP contribution >= 0.6 is 14.5 Å². The molecule has 0 aliphatic heterocycles. The van der Waals surface area contributed by atoms with Gasteiger partial charge in [-0.2, -0.15) is 0 Å². The molecule has 8 nitrogen and oxygen atoms in total. The molecular formula is C58H46Cl2O8P2. The minimum Gasteiger partial charge on any atom is -0.222 e. The van der Waals surface area contributed by atoms with Gasteiger partial charge in [-0.1, -0.05) is 182 Å². The Kier molecular flexibility index (Phi) is 16.0. The second-order valence-electron chi connectivity index (χ2n) is 16.3. The Morgan fingerprint density at radius 3 is 0.671 bits per heavy atom. The van der Waals surface area contributed by atoms with Gasteiger partial charge >= 0.3 is 0 Å². The van der Waals surface area contributed by atoms with Gasteiger partial charge in [0.2, 0.25) is 0 Å². The molecule has 0 saturated heterocycles. The minimum atomic E-state index is -4.94. The van der Waals surface area contributed by atoms with E-state index in [0.717, 1.165) is 12.3 Å². The fourth-order valence-corrected chi connectivity index (χ4v) is 18.1. The molecule has 0 aliphatic carbocycles. The highest BCUT2D eigenvalue weighted by Gasteiger charge is 2.48. The molecule has 0 aromatic heterocycles. The Labute approximate surface area is 412 Å². The normalized spacial score (nSPS) is 11.8. The van der Waals surface area contributed by atoms with Gasteiger partial charge in [-0.05, 0) is 117 Å². The van der Waals surface area contributed by atoms with Crippen molar-refractivity contribution in [2.24, 2.45) is 0 Å². The van der Waals surface area contributed by atoms with E-state index in [1.165, 1.54) is 75.6 Å². The third-order valence-corrected chi connectivity index (χ3v) is 21.0. The first-order valence-electron chi connectivity index (χ1n) is 22.1.